The van der Waals surface area contributed by atoms with Gasteiger partial charge in [-0.3, -0.25) is 0 Å². The molecule has 66 heavy (non-hydrogen) atoms. The molecular formula is C44H46O22. The SMILES string of the molecule is O=C(OC1Cc2c(O)cc(O)cc2OC1C1CC(O)C(O)C(O)CC12C(O)C(O)C(O)CC2C1Oc2cc(O)cc(O)c2CC1OC(=O)c1cc(O)c(O)c(O)c1)c1cc(O)c(O)c(O)c1. The van der Waals surface area contributed by atoms with Gasteiger partial charge in [0.1, 0.15) is 71.1 Å². The Morgan fingerprint density at radius 3 is 1.27 bits per heavy atom. The summed E-state index contributed by atoms with van der Waals surface area (Å²) in [6.07, 6.45) is -21.6. The van der Waals surface area contributed by atoms with Crippen LogP contribution in [0.3, 0.4) is 0 Å². The molecule has 2 saturated carbocycles. The number of ether oxygens (including phenoxy) is 4. The number of carbonyl (C=O) groups excluding carboxylic acids is 2. The molecule has 4 aliphatic rings. The van der Waals surface area contributed by atoms with Crippen molar-refractivity contribution in [3.63, 3.8) is 0 Å². The van der Waals surface area contributed by atoms with Gasteiger partial charge >= 0.3 is 11.9 Å². The molecule has 22 nitrogen and oxygen atoms in total. The van der Waals surface area contributed by atoms with Gasteiger partial charge in [-0.25, -0.2) is 9.59 Å². The zero-order valence-corrected chi connectivity index (χ0v) is 34.2. The Morgan fingerprint density at radius 1 is 0.500 bits per heavy atom. The quantitative estimate of drug-likeness (QED) is 0.0899. The van der Waals surface area contributed by atoms with E-state index in [1.54, 1.807) is 0 Å². The highest BCUT2D eigenvalue weighted by Gasteiger charge is 2.67. The average Bonchev–Trinajstić information content (AvgIpc) is 3.35. The normalized spacial score (nSPS) is 31.6. The Hall–Kier alpha value is -6.82. The highest BCUT2D eigenvalue weighted by atomic mass is 16.6. The van der Waals surface area contributed by atoms with Crippen LogP contribution in [0.5, 0.6) is 69.0 Å². The first-order valence-corrected chi connectivity index (χ1v) is 20.5. The third-order valence-electron chi connectivity index (χ3n) is 13.3. The zero-order chi connectivity index (χ0) is 47.8. The standard InChI is InChI=1S/C44H46O22/c45-16-5-22(47)18-9-33(65-42(61)14-1-24(49)35(56)25(50)2-14)39(63-31(18)7-16)20-11-28(53)37(58)30(55)13-44(20)21(12-29(54)38(59)41(44)60)40-34(10-19-23(48)6-17(46)8-32(19)64-40)66-43(62)15-3-26(51)36(57)27(52)4-15/h1-8,20-21,28-30,33-34,37-41,45-60H,9-13H2. The van der Waals surface area contributed by atoms with Gasteiger partial charge in [0.15, 0.2) is 34.5 Å². The number of phenolic OH excluding ortho intramolecular Hbond substituents is 10. The van der Waals surface area contributed by atoms with Gasteiger partial charge in [0, 0.05) is 65.5 Å². The fraction of sp³-hybridized carbons (Fsp3) is 0.409. The summed E-state index contributed by atoms with van der Waals surface area (Å²) >= 11 is 0. The van der Waals surface area contributed by atoms with E-state index in [0.29, 0.717) is 0 Å². The molecule has 0 amide bonds. The van der Waals surface area contributed by atoms with Crippen LogP contribution in [0.25, 0.3) is 0 Å². The number of hydrogen-bond donors (Lipinski definition) is 16. The summed E-state index contributed by atoms with van der Waals surface area (Å²) in [6, 6.07) is 7.15. The van der Waals surface area contributed by atoms with E-state index >= 15 is 0 Å². The van der Waals surface area contributed by atoms with Gasteiger partial charge in [-0.2, -0.15) is 0 Å². The summed E-state index contributed by atoms with van der Waals surface area (Å²) in [6.45, 7) is 0. The minimum atomic E-state index is -2.24. The largest absolute Gasteiger partial charge is 0.508 e. The van der Waals surface area contributed by atoms with Crippen LogP contribution in [-0.2, 0) is 22.3 Å². The first-order chi connectivity index (χ1) is 31.1. The van der Waals surface area contributed by atoms with Gasteiger partial charge in [-0.05, 0) is 43.5 Å². The molecule has 8 rings (SSSR count). The summed E-state index contributed by atoms with van der Waals surface area (Å²) in [5.74, 6) is -13.8. The molecule has 0 bridgehead atoms. The number of fused-ring (bicyclic) bond motifs is 2. The van der Waals surface area contributed by atoms with Crippen LogP contribution in [0.15, 0.2) is 48.5 Å². The lowest BCUT2D eigenvalue weighted by Gasteiger charge is -2.59. The zero-order valence-electron chi connectivity index (χ0n) is 34.2. The van der Waals surface area contributed by atoms with Crippen molar-refractivity contribution in [3.8, 4) is 69.0 Å². The van der Waals surface area contributed by atoms with E-state index < -0.39 is 191 Å². The number of aromatic hydroxyl groups is 10. The summed E-state index contributed by atoms with van der Waals surface area (Å²) in [7, 11) is 0. The van der Waals surface area contributed by atoms with Gasteiger partial charge in [0.05, 0.1) is 35.5 Å². The molecule has 2 heterocycles. The third kappa shape index (κ3) is 7.79. The third-order valence-corrected chi connectivity index (χ3v) is 13.3. The molecule has 4 aromatic rings. The maximum atomic E-state index is 13.9. The number of aliphatic hydroxyl groups is 6. The monoisotopic (exact) mass is 926 g/mol. The number of esters is 2. The van der Waals surface area contributed by atoms with Crippen LogP contribution >= 0.6 is 0 Å². The number of rotatable bonds is 6. The number of hydrogen-bond acceptors (Lipinski definition) is 22. The number of phenols is 10. The fourth-order valence-electron chi connectivity index (χ4n) is 10.2. The second-order valence-electron chi connectivity index (χ2n) is 17.2. The van der Waals surface area contributed by atoms with Crippen molar-refractivity contribution >= 4 is 11.9 Å². The van der Waals surface area contributed by atoms with Crippen LogP contribution in [0.2, 0.25) is 0 Å². The minimum Gasteiger partial charge on any atom is -0.508 e. The van der Waals surface area contributed by atoms with E-state index in [9.17, 15) is 91.3 Å². The number of aliphatic hydroxyl groups excluding tert-OH is 6. The minimum absolute atomic E-state index is 0.0299. The molecule has 354 valence electrons. The van der Waals surface area contributed by atoms with E-state index in [-0.39, 0.29) is 22.6 Å². The van der Waals surface area contributed by atoms with Gasteiger partial charge in [-0.15, -0.1) is 0 Å². The molecule has 13 atom stereocenters. The first-order valence-electron chi connectivity index (χ1n) is 20.5. The van der Waals surface area contributed by atoms with Crippen molar-refractivity contribution < 1.29 is 110 Å². The predicted molar refractivity (Wildman–Crippen MR) is 216 cm³/mol. The lowest BCUT2D eigenvalue weighted by Crippen LogP contribution is -2.68. The van der Waals surface area contributed by atoms with Crippen LogP contribution in [-0.4, -0.2) is 155 Å². The fourth-order valence-corrected chi connectivity index (χ4v) is 10.2. The van der Waals surface area contributed by atoms with Crippen molar-refractivity contribution in [1.29, 1.82) is 0 Å². The van der Waals surface area contributed by atoms with E-state index in [4.69, 9.17) is 18.9 Å². The Labute approximate surface area is 371 Å². The van der Waals surface area contributed by atoms with E-state index in [1.165, 1.54) is 0 Å². The molecule has 2 fully saturated rings. The van der Waals surface area contributed by atoms with Crippen molar-refractivity contribution in [2.45, 2.75) is 93.1 Å². The molecule has 13 unspecified atom stereocenters. The topological polar surface area (TPSA) is 395 Å². The van der Waals surface area contributed by atoms with Gasteiger partial charge in [-0.1, -0.05) is 0 Å². The highest BCUT2D eigenvalue weighted by Crippen LogP contribution is 2.60. The molecule has 0 aromatic heterocycles. The molecular weight excluding hydrogens is 880 g/mol. The molecule has 22 heteroatoms. The predicted octanol–water partition coefficient (Wildman–Crippen LogP) is 0.0827. The van der Waals surface area contributed by atoms with E-state index in [0.717, 1.165) is 48.5 Å². The molecule has 0 saturated heterocycles. The lowest BCUT2D eigenvalue weighted by atomic mass is 9.51. The van der Waals surface area contributed by atoms with E-state index in [1.807, 2.05) is 0 Å². The Balaban J connectivity index is 1.31. The van der Waals surface area contributed by atoms with Crippen molar-refractivity contribution in [3.05, 3.63) is 70.8 Å². The van der Waals surface area contributed by atoms with E-state index in [2.05, 4.69) is 0 Å². The van der Waals surface area contributed by atoms with Crippen molar-refractivity contribution in [2.75, 3.05) is 0 Å². The molecule has 2 aliphatic carbocycles. The summed E-state index contributed by atoms with van der Waals surface area (Å²) < 4.78 is 24.7. The van der Waals surface area contributed by atoms with Crippen LogP contribution in [0.4, 0.5) is 0 Å². The number of carbonyl (C=O) groups is 2. The molecule has 0 radical (unpaired) electrons. The molecule has 2 aliphatic heterocycles. The molecule has 1 spiro atoms. The van der Waals surface area contributed by atoms with Crippen LogP contribution in [0, 0.1) is 17.3 Å². The Morgan fingerprint density at radius 2 is 0.879 bits per heavy atom. The average molecular weight is 927 g/mol. The maximum absolute atomic E-state index is 13.9. The Kier molecular flexibility index (Phi) is 11.7. The maximum Gasteiger partial charge on any atom is 0.338 e. The molecule has 4 aromatic carbocycles. The summed E-state index contributed by atoms with van der Waals surface area (Å²) in [4.78, 5) is 27.8. The summed E-state index contributed by atoms with van der Waals surface area (Å²) in [5.41, 5.74) is -3.33. The second-order valence-corrected chi connectivity index (χ2v) is 17.2. The van der Waals surface area contributed by atoms with Crippen molar-refractivity contribution in [1.82, 2.24) is 0 Å². The van der Waals surface area contributed by atoms with Crippen molar-refractivity contribution in [2.24, 2.45) is 17.3 Å². The Bertz CT molecular complexity index is 2520. The first kappa shape index (κ1) is 45.7. The van der Waals surface area contributed by atoms with Crippen LogP contribution in [0.1, 0.15) is 51.1 Å². The van der Waals surface area contributed by atoms with Gasteiger partial charge in [0.25, 0.3) is 0 Å². The molecule has 16 N–H and O–H groups in total. The number of benzene rings is 4. The smallest absolute Gasteiger partial charge is 0.338 e. The second kappa shape index (κ2) is 16.9. The van der Waals surface area contributed by atoms with Gasteiger partial charge in [0.2, 0.25) is 0 Å². The summed E-state index contributed by atoms with van der Waals surface area (Å²) in [5, 5.41) is 174. The highest BCUT2D eigenvalue weighted by molar-refractivity contribution is 5.92. The lowest BCUT2D eigenvalue weighted by molar-refractivity contribution is -0.240. The van der Waals surface area contributed by atoms with Gasteiger partial charge < -0.3 is 101 Å². The van der Waals surface area contributed by atoms with Crippen LogP contribution < -0.4 is 9.47 Å².